The first-order valence-electron chi connectivity index (χ1n) is 10.7. The Kier molecular flexibility index (Phi) is 5.14. The zero-order valence-corrected chi connectivity index (χ0v) is 18.4. The minimum atomic E-state index is -0.386. The second-order valence-corrected chi connectivity index (χ2v) is 8.16. The molecule has 2 N–H and O–H groups in total. The van der Waals surface area contributed by atoms with Crippen LogP contribution in [0.3, 0.4) is 0 Å². The van der Waals surface area contributed by atoms with E-state index in [0.29, 0.717) is 38.1 Å². The third kappa shape index (κ3) is 3.73. The van der Waals surface area contributed by atoms with Crippen LogP contribution in [-0.4, -0.2) is 75.2 Å². The van der Waals surface area contributed by atoms with Gasteiger partial charge in [0.2, 0.25) is 11.8 Å². The van der Waals surface area contributed by atoms with Crippen molar-refractivity contribution in [3.8, 4) is 5.88 Å². The van der Waals surface area contributed by atoms with Crippen LogP contribution in [0.4, 0.5) is 11.8 Å². The summed E-state index contributed by atoms with van der Waals surface area (Å²) in [5.41, 5.74) is 2.43. The average molecular weight is 438 g/mol. The van der Waals surface area contributed by atoms with Gasteiger partial charge in [0.25, 0.3) is 5.91 Å². The number of nitrogens with zero attached hydrogens (tertiary/aromatic N) is 6. The Morgan fingerprint density at radius 1 is 1.28 bits per heavy atom. The normalized spacial score (nSPS) is 17.4. The molecule has 5 rings (SSSR count). The summed E-state index contributed by atoms with van der Waals surface area (Å²) < 4.78 is 13.4. The first-order chi connectivity index (χ1) is 15.5. The molecule has 2 aliphatic rings. The number of carbonyl (C=O) groups is 1. The van der Waals surface area contributed by atoms with Gasteiger partial charge >= 0.3 is 0 Å². The standard InChI is InChI=1S/C21H26N8O3/c1-4-31-19-15(7-23-20(27-19)29-11-21(12-29)10-22-5-6-32-21)18(30)26-16-9-28-8-13(2)24-17(28)14(3)25-16/h7-9,22H,4-6,10-12H2,1-3H3,(H,26,30). The van der Waals surface area contributed by atoms with Gasteiger partial charge in [0.15, 0.2) is 5.65 Å². The van der Waals surface area contributed by atoms with Crippen molar-refractivity contribution in [1.29, 1.82) is 0 Å². The second-order valence-electron chi connectivity index (χ2n) is 8.16. The highest BCUT2D eigenvalue weighted by Crippen LogP contribution is 2.31. The Bertz CT molecular complexity index is 1160. The van der Waals surface area contributed by atoms with Gasteiger partial charge in [-0.2, -0.15) is 4.98 Å². The van der Waals surface area contributed by atoms with Crippen molar-refractivity contribution in [3.05, 3.63) is 35.5 Å². The first-order valence-corrected chi connectivity index (χ1v) is 10.7. The van der Waals surface area contributed by atoms with E-state index in [1.807, 2.05) is 36.3 Å². The van der Waals surface area contributed by atoms with Gasteiger partial charge in [0.05, 0.1) is 43.9 Å². The topological polar surface area (TPSA) is 119 Å². The lowest BCUT2D eigenvalue weighted by Gasteiger charge is -2.51. The fraction of sp³-hybridized carbons (Fsp3) is 0.476. The molecule has 2 aliphatic heterocycles. The first kappa shape index (κ1) is 20.6. The number of amides is 1. The van der Waals surface area contributed by atoms with E-state index in [2.05, 4.69) is 30.6 Å². The van der Waals surface area contributed by atoms with Gasteiger partial charge in [-0.05, 0) is 20.8 Å². The van der Waals surface area contributed by atoms with E-state index >= 15 is 0 Å². The molecule has 3 aromatic rings. The predicted octanol–water partition coefficient (Wildman–Crippen LogP) is 0.966. The molecule has 11 nitrogen and oxygen atoms in total. The lowest BCUT2D eigenvalue weighted by atomic mass is 9.93. The highest BCUT2D eigenvalue weighted by molar-refractivity contribution is 6.05. The molecule has 32 heavy (non-hydrogen) atoms. The zero-order chi connectivity index (χ0) is 22.3. The van der Waals surface area contributed by atoms with Gasteiger partial charge in [0.1, 0.15) is 17.0 Å². The van der Waals surface area contributed by atoms with E-state index < -0.39 is 0 Å². The number of aryl methyl sites for hydroxylation is 2. The molecule has 0 aromatic carbocycles. The molecule has 2 saturated heterocycles. The summed E-state index contributed by atoms with van der Waals surface area (Å²) in [6.45, 7) is 9.79. The Hall–Kier alpha value is -3.31. The van der Waals surface area contributed by atoms with Gasteiger partial charge in [-0.25, -0.2) is 15.0 Å². The van der Waals surface area contributed by atoms with Crippen LogP contribution in [0.15, 0.2) is 18.6 Å². The molecule has 3 aromatic heterocycles. The molecule has 168 valence electrons. The van der Waals surface area contributed by atoms with Crippen molar-refractivity contribution < 1.29 is 14.3 Å². The summed E-state index contributed by atoms with van der Waals surface area (Å²) in [6.07, 6.45) is 5.11. The van der Waals surface area contributed by atoms with Crippen LogP contribution in [0.1, 0.15) is 28.7 Å². The lowest BCUT2D eigenvalue weighted by molar-refractivity contribution is -0.0834. The zero-order valence-electron chi connectivity index (χ0n) is 18.4. The lowest BCUT2D eigenvalue weighted by Crippen LogP contribution is -2.70. The van der Waals surface area contributed by atoms with E-state index in [0.717, 1.165) is 30.1 Å². The number of ether oxygens (including phenoxy) is 2. The quantitative estimate of drug-likeness (QED) is 0.600. The van der Waals surface area contributed by atoms with Crippen molar-refractivity contribution in [3.63, 3.8) is 0 Å². The summed E-state index contributed by atoms with van der Waals surface area (Å²) in [7, 11) is 0. The number of anilines is 2. The van der Waals surface area contributed by atoms with E-state index in [-0.39, 0.29) is 23.0 Å². The number of carbonyl (C=O) groups excluding carboxylic acids is 1. The Morgan fingerprint density at radius 2 is 2.12 bits per heavy atom. The molecule has 0 aliphatic carbocycles. The molecule has 2 fully saturated rings. The fourth-order valence-electron chi connectivity index (χ4n) is 4.13. The maximum atomic E-state index is 13.0. The number of hydrogen-bond acceptors (Lipinski definition) is 9. The van der Waals surface area contributed by atoms with Gasteiger partial charge in [-0.3, -0.25) is 4.79 Å². The van der Waals surface area contributed by atoms with Crippen molar-refractivity contribution in [1.82, 2.24) is 29.7 Å². The van der Waals surface area contributed by atoms with Crippen molar-refractivity contribution in [2.75, 3.05) is 49.6 Å². The summed E-state index contributed by atoms with van der Waals surface area (Å²) in [5, 5.41) is 6.19. The van der Waals surface area contributed by atoms with E-state index in [4.69, 9.17) is 9.47 Å². The summed E-state index contributed by atoms with van der Waals surface area (Å²) >= 11 is 0. The third-order valence-corrected chi connectivity index (χ3v) is 5.61. The summed E-state index contributed by atoms with van der Waals surface area (Å²) in [6, 6.07) is 0. The molecular weight excluding hydrogens is 412 g/mol. The number of morpholine rings is 1. The highest BCUT2D eigenvalue weighted by atomic mass is 16.5. The van der Waals surface area contributed by atoms with Crippen LogP contribution >= 0.6 is 0 Å². The SMILES string of the molecule is CCOc1nc(N2CC3(CNCCO3)C2)ncc1C(=O)Nc1cn2cc(C)nc2c(C)n1. The number of nitrogens with one attached hydrogen (secondary N) is 2. The molecule has 0 saturated carbocycles. The smallest absolute Gasteiger partial charge is 0.263 e. The van der Waals surface area contributed by atoms with Crippen LogP contribution < -0.4 is 20.3 Å². The molecule has 1 amide bonds. The Balaban J connectivity index is 1.35. The molecule has 11 heteroatoms. The monoisotopic (exact) mass is 438 g/mol. The van der Waals surface area contributed by atoms with E-state index in [1.165, 1.54) is 6.20 Å². The number of rotatable bonds is 5. The minimum Gasteiger partial charge on any atom is -0.477 e. The van der Waals surface area contributed by atoms with Gasteiger partial charge in [-0.1, -0.05) is 0 Å². The van der Waals surface area contributed by atoms with Gasteiger partial charge in [-0.15, -0.1) is 0 Å². The second kappa shape index (κ2) is 7.99. The highest BCUT2D eigenvalue weighted by Gasteiger charge is 2.46. The Labute approximate surface area is 185 Å². The van der Waals surface area contributed by atoms with Gasteiger partial charge in [0, 0.05) is 25.5 Å². The summed E-state index contributed by atoms with van der Waals surface area (Å²) in [4.78, 5) is 32.8. The molecule has 1 spiro atoms. The Morgan fingerprint density at radius 3 is 2.88 bits per heavy atom. The predicted molar refractivity (Wildman–Crippen MR) is 117 cm³/mol. The van der Waals surface area contributed by atoms with Crippen LogP contribution in [0, 0.1) is 13.8 Å². The summed E-state index contributed by atoms with van der Waals surface area (Å²) in [5.74, 6) is 0.794. The molecule has 0 atom stereocenters. The van der Waals surface area contributed by atoms with Crippen LogP contribution in [0.25, 0.3) is 5.65 Å². The molecule has 0 radical (unpaired) electrons. The third-order valence-electron chi connectivity index (χ3n) is 5.61. The number of aromatic nitrogens is 5. The maximum Gasteiger partial charge on any atom is 0.263 e. The number of fused-ring (bicyclic) bond motifs is 1. The average Bonchev–Trinajstić information content (AvgIpc) is 3.13. The van der Waals surface area contributed by atoms with Crippen molar-refractivity contribution >= 4 is 23.3 Å². The largest absolute Gasteiger partial charge is 0.477 e. The van der Waals surface area contributed by atoms with Crippen LogP contribution in [0.5, 0.6) is 5.88 Å². The fourth-order valence-corrected chi connectivity index (χ4v) is 4.13. The maximum absolute atomic E-state index is 13.0. The van der Waals surface area contributed by atoms with Crippen molar-refractivity contribution in [2.45, 2.75) is 26.4 Å². The van der Waals surface area contributed by atoms with Crippen LogP contribution in [-0.2, 0) is 4.74 Å². The van der Waals surface area contributed by atoms with Gasteiger partial charge < -0.3 is 29.4 Å². The van der Waals surface area contributed by atoms with Crippen molar-refractivity contribution in [2.24, 2.45) is 0 Å². The number of hydrogen-bond donors (Lipinski definition) is 2. The molecule has 5 heterocycles. The number of imidazole rings is 1. The van der Waals surface area contributed by atoms with E-state index in [1.54, 1.807) is 6.20 Å². The minimum absolute atomic E-state index is 0.183. The molecule has 0 unspecified atom stereocenters. The van der Waals surface area contributed by atoms with Crippen LogP contribution in [0.2, 0.25) is 0 Å². The molecular formula is C21H26N8O3. The van der Waals surface area contributed by atoms with E-state index in [9.17, 15) is 4.79 Å². The molecule has 0 bridgehead atoms.